The lowest BCUT2D eigenvalue weighted by Gasteiger charge is -2.30. The summed E-state index contributed by atoms with van der Waals surface area (Å²) in [6.45, 7) is 5.69. The van der Waals surface area contributed by atoms with Crippen molar-refractivity contribution < 1.29 is 9.92 Å². The molecule has 0 atom stereocenters. The van der Waals surface area contributed by atoms with Crippen LogP contribution in [-0.2, 0) is 4.84 Å². The zero-order valence-electron chi connectivity index (χ0n) is 8.65. The van der Waals surface area contributed by atoms with Gasteiger partial charge in [0, 0.05) is 0 Å². The van der Waals surface area contributed by atoms with E-state index in [1.54, 1.807) is 0 Å². The number of piperidine rings is 1. The Kier molecular flexibility index (Phi) is 4.65. The second-order valence-corrected chi connectivity index (χ2v) is 3.80. The Morgan fingerprint density at radius 2 is 2.14 bits per heavy atom. The minimum absolute atomic E-state index is 0.271. The Bertz CT molecular complexity index is 179. The van der Waals surface area contributed by atoms with Gasteiger partial charge < -0.3 is 9.74 Å². The van der Waals surface area contributed by atoms with Crippen LogP contribution in [0.15, 0.2) is 0 Å². The third-order valence-electron chi connectivity index (χ3n) is 2.66. The molecule has 0 bridgehead atoms. The van der Waals surface area contributed by atoms with E-state index in [4.69, 9.17) is 0 Å². The molecule has 0 unspecified atom stereocenters. The van der Waals surface area contributed by atoms with Crippen LogP contribution in [0.2, 0.25) is 0 Å². The summed E-state index contributed by atoms with van der Waals surface area (Å²) in [5.41, 5.74) is 0. The summed E-state index contributed by atoms with van der Waals surface area (Å²) in [5, 5.41) is 9.29. The highest BCUT2D eigenvalue weighted by Crippen LogP contribution is 2.17. The summed E-state index contributed by atoms with van der Waals surface area (Å²) < 4.78 is 0. The minimum Gasteiger partial charge on any atom is -0.314 e. The van der Waals surface area contributed by atoms with Gasteiger partial charge in [0.2, 0.25) is 0 Å². The Morgan fingerprint density at radius 3 is 2.64 bits per heavy atom. The predicted octanol–water partition coefficient (Wildman–Crippen LogP) is 1.32. The fraction of sp³-hybridized carbons (Fsp3) is 1.00. The van der Waals surface area contributed by atoms with Gasteiger partial charge in [-0.3, -0.25) is 0 Å². The van der Waals surface area contributed by atoms with E-state index >= 15 is 0 Å². The van der Waals surface area contributed by atoms with E-state index in [0.29, 0.717) is 5.92 Å². The predicted molar refractivity (Wildman–Crippen MR) is 52.4 cm³/mol. The lowest BCUT2D eigenvalue weighted by Crippen LogP contribution is -2.35. The molecule has 5 nitrogen and oxygen atoms in total. The molecular formula is C9H18N2O3. The molecule has 0 spiro atoms. The van der Waals surface area contributed by atoms with Crippen molar-refractivity contribution in [1.82, 2.24) is 4.90 Å². The summed E-state index contributed by atoms with van der Waals surface area (Å²) in [6, 6.07) is 0. The molecule has 0 aliphatic carbocycles. The number of rotatable bonds is 5. The van der Waals surface area contributed by atoms with Crippen molar-refractivity contribution in [2.75, 3.05) is 26.2 Å². The van der Waals surface area contributed by atoms with Gasteiger partial charge in [0.15, 0.2) is 0 Å². The smallest absolute Gasteiger partial charge is 0.294 e. The average molecular weight is 202 g/mol. The quantitative estimate of drug-likeness (QED) is 0.498. The van der Waals surface area contributed by atoms with Crippen molar-refractivity contribution in [3.05, 3.63) is 10.1 Å². The third-order valence-corrected chi connectivity index (χ3v) is 2.66. The number of hydrogen-bond donors (Lipinski definition) is 0. The van der Waals surface area contributed by atoms with Gasteiger partial charge in [-0.15, -0.1) is 10.1 Å². The topological polar surface area (TPSA) is 55.6 Å². The van der Waals surface area contributed by atoms with E-state index in [2.05, 4.69) is 16.7 Å². The van der Waals surface area contributed by atoms with Crippen LogP contribution >= 0.6 is 0 Å². The molecule has 1 fully saturated rings. The molecule has 1 aliphatic heterocycles. The number of likely N-dealkylation sites (tertiary alicyclic amines) is 1. The molecule has 1 saturated heterocycles. The van der Waals surface area contributed by atoms with Gasteiger partial charge in [-0.25, -0.2) is 0 Å². The van der Waals surface area contributed by atoms with Crippen LogP contribution in [0, 0.1) is 16.0 Å². The Balaban J connectivity index is 2.12. The Hall–Kier alpha value is -0.840. The van der Waals surface area contributed by atoms with Gasteiger partial charge in [0.25, 0.3) is 5.09 Å². The van der Waals surface area contributed by atoms with Crippen molar-refractivity contribution in [1.29, 1.82) is 0 Å². The monoisotopic (exact) mass is 202 g/mol. The van der Waals surface area contributed by atoms with Crippen LogP contribution in [-0.4, -0.2) is 36.2 Å². The maximum absolute atomic E-state index is 9.98. The first-order chi connectivity index (χ1) is 6.72. The van der Waals surface area contributed by atoms with Crippen molar-refractivity contribution >= 4 is 0 Å². The number of hydrogen-bond acceptors (Lipinski definition) is 4. The van der Waals surface area contributed by atoms with Crippen LogP contribution in [0.25, 0.3) is 0 Å². The van der Waals surface area contributed by atoms with Crippen LogP contribution in [0.1, 0.15) is 26.2 Å². The molecule has 0 saturated carbocycles. The molecule has 0 aromatic rings. The van der Waals surface area contributed by atoms with Gasteiger partial charge in [-0.05, 0) is 44.8 Å². The third kappa shape index (κ3) is 3.91. The zero-order chi connectivity index (χ0) is 10.4. The Morgan fingerprint density at radius 1 is 1.50 bits per heavy atom. The van der Waals surface area contributed by atoms with Crippen LogP contribution in [0.3, 0.4) is 0 Å². The molecule has 1 rings (SSSR count). The Labute approximate surface area is 84.1 Å². The van der Waals surface area contributed by atoms with Gasteiger partial charge in [-0.2, -0.15) is 0 Å². The normalized spacial score (nSPS) is 19.5. The molecule has 0 aromatic carbocycles. The maximum Gasteiger partial charge on any atom is 0.294 e. The van der Waals surface area contributed by atoms with Crippen LogP contribution in [0.4, 0.5) is 0 Å². The summed E-state index contributed by atoms with van der Waals surface area (Å²) >= 11 is 0. The SMILES string of the molecule is CCCN1CCC(CO[N+](=O)[O-])CC1. The summed E-state index contributed by atoms with van der Waals surface area (Å²) in [5.74, 6) is 0.369. The molecule has 1 aliphatic rings. The zero-order valence-corrected chi connectivity index (χ0v) is 8.65. The molecule has 1 heterocycles. The van der Waals surface area contributed by atoms with Gasteiger partial charge in [0.1, 0.15) is 0 Å². The van der Waals surface area contributed by atoms with Gasteiger partial charge in [-0.1, -0.05) is 6.92 Å². The fourth-order valence-corrected chi connectivity index (χ4v) is 1.86. The summed E-state index contributed by atoms with van der Waals surface area (Å²) in [4.78, 5) is 16.8. The first-order valence-corrected chi connectivity index (χ1v) is 5.22. The molecule has 0 radical (unpaired) electrons. The molecule has 82 valence electrons. The van der Waals surface area contributed by atoms with E-state index in [0.717, 1.165) is 32.5 Å². The fourth-order valence-electron chi connectivity index (χ4n) is 1.86. The second-order valence-electron chi connectivity index (χ2n) is 3.80. The van der Waals surface area contributed by atoms with Gasteiger partial charge >= 0.3 is 0 Å². The molecule has 0 amide bonds. The summed E-state index contributed by atoms with van der Waals surface area (Å²) in [6.07, 6.45) is 3.22. The van der Waals surface area contributed by atoms with E-state index in [1.165, 1.54) is 6.42 Å². The average Bonchev–Trinajstić information content (AvgIpc) is 2.17. The van der Waals surface area contributed by atoms with Crippen LogP contribution < -0.4 is 0 Å². The standard InChI is InChI=1S/C9H18N2O3/c1-2-5-10-6-3-9(4-7-10)8-14-11(12)13/h9H,2-8H2,1H3. The van der Waals surface area contributed by atoms with Crippen molar-refractivity contribution in [2.24, 2.45) is 5.92 Å². The van der Waals surface area contributed by atoms with Crippen LogP contribution in [0.5, 0.6) is 0 Å². The molecule has 5 heteroatoms. The van der Waals surface area contributed by atoms with E-state index in [9.17, 15) is 10.1 Å². The molecular weight excluding hydrogens is 184 g/mol. The first-order valence-electron chi connectivity index (χ1n) is 5.22. The molecule has 0 N–H and O–H groups in total. The number of nitrogens with zero attached hydrogens (tertiary/aromatic N) is 2. The van der Waals surface area contributed by atoms with Crippen molar-refractivity contribution in [3.8, 4) is 0 Å². The highest BCUT2D eigenvalue weighted by atomic mass is 16.9. The van der Waals surface area contributed by atoms with E-state index in [1.807, 2.05) is 0 Å². The lowest BCUT2D eigenvalue weighted by atomic mass is 9.98. The first kappa shape index (κ1) is 11.2. The largest absolute Gasteiger partial charge is 0.314 e. The highest BCUT2D eigenvalue weighted by molar-refractivity contribution is 4.71. The van der Waals surface area contributed by atoms with E-state index in [-0.39, 0.29) is 6.61 Å². The maximum atomic E-state index is 9.98. The molecule has 14 heavy (non-hydrogen) atoms. The van der Waals surface area contributed by atoms with Gasteiger partial charge in [0.05, 0.1) is 6.61 Å². The molecule has 0 aromatic heterocycles. The van der Waals surface area contributed by atoms with Crippen molar-refractivity contribution in [2.45, 2.75) is 26.2 Å². The lowest BCUT2D eigenvalue weighted by molar-refractivity contribution is -0.759. The van der Waals surface area contributed by atoms with Crippen molar-refractivity contribution in [3.63, 3.8) is 0 Å². The minimum atomic E-state index is -0.696. The summed E-state index contributed by atoms with van der Waals surface area (Å²) in [7, 11) is 0. The van der Waals surface area contributed by atoms with E-state index < -0.39 is 5.09 Å². The highest BCUT2D eigenvalue weighted by Gasteiger charge is 2.19. The second kappa shape index (κ2) is 5.80.